The van der Waals surface area contributed by atoms with Crippen molar-refractivity contribution in [1.29, 1.82) is 0 Å². The van der Waals surface area contributed by atoms with Gasteiger partial charge >= 0.3 is 0 Å². The van der Waals surface area contributed by atoms with Crippen LogP contribution in [0.2, 0.25) is 0 Å². The monoisotopic (exact) mass is 192 g/mol. The molecular weight excluding hydrogens is 184 g/mol. The van der Waals surface area contributed by atoms with Gasteiger partial charge in [-0.3, -0.25) is 14.6 Å². The Labute approximate surface area is 80.3 Å². The molecule has 2 rings (SSSR count). The van der Waals surface area contributed by atoms with Gasteiger partial charge in [0.05, 0.1) is 11.4 Å². The fraction of sp³-hybridized carbons (Fsp3) is 0.125. The fourth-order valence-corrected chi connectivity index (χ4v) is 1.35. The van der Waals surface area contributed by atoms with Gasteiger partial charge in [0, 0.05) is 6.20 Å². The zero-order valence-electron chi connectivity index (χ0n) is 7.06. The summed E-state index contributed by atoms with van der Waals surface area (Å²) >= 11 is 5.04. The van der Waals surface area contributed by atoms with Crippen LogP contribution >= 0.6 is 12.2 Å². The predicted octanol–water partition coefficient (Wildman–Crippen LogP) is 1.63. The minimum atomic E-state index is 0.580. The van der Waals surface area contributed by atoms with Gasteiger partial charge in [0.25, 0.3) is 0 Å². The third kappa shape index (κ3) is 1.38. The standard InChI is InChI=1S/C8H8N4S/c1-6-7(3-2-4-9-6)12-5-10-11-8(12)13/h2-5H,1H3,(H,11,13). The van der Waals surface area contributed by atoms with E-state index < -0.39 is 0 Å². The molecule has 0 bridgehead atoms. The highest BCUT2D eigenvalue weighted by atomic mass is 32.1. The quantitative estimate of drug-likeness (QED) is 0.698. The maximum absolute atomic E-state index is 5.04. The van der Waals surface area contributed by atoms with E-state index in [1.807, 2.05) is 19.1 Å². The van der Waals surface area contributed by atoms with Crippen LogP contribution in [0.5, 0.6) is 0 Å². The molecule has 5 heteroatoms. The molecule has 2 heterocycles. The van der Waals surface area contributed by atoms with E-state index in [1.54, 1.807) is 17.1 Å². The third-order valence-corrected chi connectivity index (χ3v) is 2.08. The Kier molecular flexibility index (Phi) is 1.94. The van der Waals surface area contributed by atoms with Crippen molar-refractivity contribution in [2.75, 3.05) is 0 Å². The van der Waals surface area contributed by atoms with E-state index in [4.69, 9.17) is 12.2 Å². The molecule has 66 valence electrons. The summed E-state index contributed by atoms with van der Waals surface area (Å²) in [6, 6.07) is 3.82. The van der Waals surface area contributed by atoms with Crippen LogP contribution in [0.4, 0.5) is 0 Å². The van der Waals surface area contributed by atoms with Crippen molar-refractivity contribution in [2.24, 2.45) is 0 Å². The second-order valence-corrected chi connectivity index (χ2v) is 3.03. The number of hydrogen-bond donors (Lipinski definition) is 1. The summed E-state index contributed by atoms with van der Waals surface area (Å²) in [7, 11) is 0. The molecule has 0 radical (unpaired) electrons. The average molecular weight is 192 g/mol. The van der Waals surface area contributed by atoms with Crippen LogP contribution in [0.15, 0.2) is 24.7 Å². The lowest BCUT2D eigenvalue weighted by Gasteiger charge is -2.02. The summed E-state index contributed by atoms with van der Waals surface area (Å²) < 4.78 is 2.37. The topological polar surface area (TPSA) is 46.5 Å². The van der Waals surface area contributed by atoms with Gasteiger partial charge in [0.1, 0.15) is 6.33 Å². The number of aryl methyl sites for hydroxylation is 1. The van der Waals surface area contributed by atoms with Gasteiger partial charge in [0.2, 0.25) is 0 Å². The van der Waals surface area contributed by atoms with Crippen LogP contribution in [0.1, 0.15) is 5.69 Å². The van der Waals surface area contributed by atoms with Gasteiger partial charge in [-0.05, 0) is 31.3 Å². The van der Waals surface area contributed by atoms with Crippen molar-refractivity contribution in [3.05, 3.63) is 35.1 Å². The Balaban J connectivity index is 2.66. The molecule has 0 aliphatic heterocycles. The molecule has 0 aliphatic carbocycles. The van der Waals surface area contributed by atoms with Gasteiger partial charge in [-0.15, -0.1) is 0 Å². The van der Waals surface area contributed by atoms with Gasteiger partial charge in [-0.25, -0.2) is 0 Å². The number of H-pyrrole nitrogens is 1. The van der Waals surface area contributed by atoms with Crippen LogP contribution in [0.3, 0.4) is 0 Å². The number of pyridine rings is 1. The first-order chi connectivity index (χ1) is 6.29. The highest BCUT2D eigenvalue weighted by Crippen LogP contribution is 2.09. The van der Waals surface area contributed by atoms with E-state index in [1.165, 1.54) is 0 Å². The summed E-state index contributed by atoms with van der Waals surface area (Å²) in [4.78, 5) is 4.17. The molecule has 0 atom stereocenters. The largest absolute Gasteiger partial charge is 0.273 e. The van der Waals surface area contributed by atoms with Crippen molar-refractivity contribution < 1.29 is 0 Å². The number of rotatable bonds is 1. The number of aromatic amines is 1. The molecule has 0 unspecified atom stereocenters. The van der Waals surface area contributed by atoms with E-state index in [-0.39, 0.29) is 0 Å². The lowest BCUT2D eigenvalue weighted by Crippen LogP contribution is -1.96. The lowest BCUT2D eigenvalue weighted by molar-refractivity contribution is 0.989. The fourth-order valence-electron chi connectivity index (χ4n) is 1.15. The van der Waals surface area contributed by atoms with Crippen molar-refractivity contribution in [3.8, 4) is 5.69 Å². The van der Waals surface area contributed by atoms with Crippen molar-refractivity contribution in [2.45, 2.75) is 6.92 Å². The van der Waals surface area contributed by atoms with E-state index >= 15 is 0 Å². The molecule has 0 aliphatic rings. The SMILES string of the molecule is Cc1ncccc1-n1cn[nH]c1=S. The Morgan fingerprint density at radius 1 is 1.54 bits per heavy atom. The van der Waals surface area contributed by atoms with Crippen LogP contribution in [-0.4, -0.2) is 19.7 Å². The summed E-state index contributed by atoms with van der Waals surface area (Å²) in [5.74, 6) is 0. The molecule has 2 aromatic heterocycles. The van der Waals surface area contributed by atoms with E-state index in [9.17, 15) is 0 Å². The molecule has 1 N–H and O–H groups in total. The Hall–Kier alpha value is -1.49. The normalized spacial score (nSPS) is 10.2. The van der Waals surface area contributed by atoms with Crippen LogP contribution in [0.25, 0.3) is 5.69 Å². The zero-order valence-corrected chi connectivity index (χ0v) is 7.88. The summed E-state index contributed by atoms with van der Waals surface area (Å²) in [5, 5.41) is 6.54. The van der Waals surface area contributed by atoms with Gasteiger partial charge in [-0.1, -0.05) is 0 Å². The van der Waals surface area contributed by atoms with E-state index in [2.05, 4.69) is 15.2 Å². The van der Waals surface area contributed by atoms with Crippen molar-refractivity contribution in [3.63, 3.8) is 0 Å². The molecular formula is C8H8N4S. The second-order valence-electron chi connectivity index (χ2n) is 2.64. The minimum absolute atomic E-state index is 0.580. The third-order valence-electron chi connectivity index (χ3n) is 1.79. The molecule has 4 nitrogen and oxygen atoms in total. The number of aromatic nitrogens is 4. The summed E-state index contributed by atoms with van der Waals surface area (Å²) in [5.41, 5.74) is 1.89. The highest BCUT2D eigenvalue weighted by molar-refractivity contribution is 7.71. The molecule has 0 amide bonds. The maximum Gasteiger partial charge on any atom is 0.199 e. The Morgan fingerprint density at radius 3 is 3.00 bits per heavy atom. The molecule has 0 fully saturated rings. The van der Waals surface area contributed by atoms with Gasteiger partial charge < -0.3 is 0 Å². The number of nitrogens with one attached hydrogen (secondary N) is 1. The highest BCUT2D eigenvalue weighted by Gasteiger charge is 2.01. The van der Waals surface area contributed by atoms with Crippen LogP contribution in [0, 0.1) is 11.7 Å². The smallest absolute Gasteiger partial charge is 0.199 e. The summed E-state index contributed by atoms with van der Waals surface area (Å²) in [6.45, 7) is 1.93. The summed E-state index contributed by atoms with van der Waals surface area (Å²) in [6.07, 6.45) is 3.40. The van der Waals surface area contributed by atoms with Crippen LogP contribution < -0.4 is 0 Å². The molecule has 2 aromatic rings. The molecule has 0 saturated heterocycles. The molecule has 13 heavy (non-hydrogen) atoms. The van der Waals surface area contributed by atoms with Crippen LogP contribution in [-0.2, 0) is 0 Å². The lowest BCUT2D eigenvalue weighted by atomic mass is 10.3. The van der Waals surface area contributed by atoms with Crippen molar-refractivity contribution >= 4 is 12.2 Å². The first-order valence-corrected chi connectivity index (χ1v) is 4.24. The van der Waals surface area contributed by atoms with E-state index in [0.717, 1.165) is 11.4 Å². The minimum Gasteiger partial charge on any atom is -0.273 e. The molecule has 0 aromatic carbocycles. The zero-order chi connectivity index (χ0) is 9.26. The first-order valence-electron chi connectivity index (χ1n) is 3.83. The van der Waals surface area contributed by atoms with Gasteiger partial charge in [0.15, 0.2) is 4.77 Å². The molecule has 0 saturated carbocycles. The maximum atomic E-state index is 5.04. The second kappa shape index (κ2) is 3.10. The van der Waals surface area contributed by atoms with Gasteiger partial charge in [-0.2, -0.15) is 5.10 Å². The van der Waals surface area contributed by atoms with Crippen molar-refractivity contribution in [1.82, 2.24) is 19.7 Å². The number of nitrogens with zero attached hydrogens (tertiary/aromatic N) is 3. The Morgan fingerprint density at radius 2 is 2.38 bits per heavy atom. The Bertz CT molecular complexity index is 471. The predicted molar refractivity (Wildman–Crippen MR) is 51.3 cm³/mol. The first kappa shape index (κ1) is 8.12. The van der Waals surface area contributed by atoms with E-state index in [0.29, 0.717) is 4.77 Å². The molecule has 0 spiro atoms. The number of hydrogen-bond acceptors (Lipinski definition) is 3. The average Bonchev–Trinajstić information content (AvgIpc) is 2.52.